The Kier molecular flexibility index (Phi) is 3.34. The minimum Gasteiger partial charge on any atom is -0.334 e. The lowest BCUT2D eigenvalue weighted by Gasteiger charge is -2.05. The van der Waals surface area contributed by atoms with Crippen LogP contribution in [0.1, 0.15) is 25.5 Å². The number of hydrogen-bond acceptors (Lipinski definition) is 6. The van der Waals surface area contributed by atoms with Crippen molar-refractivity contribution < 1.29 is 4.52 Å². The molecule has 0 unspecified atom stereocenters. The highest BCUT2D eigenvalue weighted by Crippen LogP contribution is 2.26. The number of benzene rings is 1. The number of aryl methyl sites for hydroxylation is 1. The van der Waals surface area contributed by atoms with Gasteiger partial charge in [0.05, 0.1) is 5.52 Å². The quantitative estimate of drug-likeness (QED) is 0.575. The van der Waals surface area contributed by atoms with Crippen molar-refractivity contribution in [1.29, 1.82) is 0 Å². The molecule has 4 aromatic rings. The zero-order chi connectivity index (χ0) is 16.7. The van der Waals surface area contributed by atoms with Crippen LogP contribution in [0.25, 0.3) is 33.9 Å². The van der Waals surface area contributed by atoms with E-state index in [0.717, 1.165) is 27.7 Å². The van der Waals surface area contributed by atoms with E-state index in [0.29, 0.717) is 11.7 Å². The van der Waals surface area contributed by atoms with Gasteiger partial charge in [0.1, 0.15) is 5.52 Å². The second-order valence-electron chi connectivity index (χ2n) is 5.94. The molecular formula is C17H16N6O. The van der Waals surface area contributed by atoms with Crippen LogP contribution >= 0.6 is 0 Å². The summed E-state index contributed by atoms with van der Waals surface area (Å²) in [5.41, 5.74) is 4.54. The molecule has 120 valence electrons. The van der Waals surface area contributed by atoms with Crippen LogP contribution in [0.2, 0.25) is 0 Å². The van der Waals surface area contributed by atoms with Crippen LogP contribution in [0, 0.1) is 6.92 Å². The first-order chi connectivity index (χ1) is 11.6. The number of fused-ring (bicyclic) bond motifs is 1. The molecule has 0 fully saturated rings. The van der Waals surface area contributed by atoms with E-state index in [9.17, 15) is 0 Å². The Morgan fingerprint density at radius 3 is 2.83 bits per heavy atom. The molecule has 1 aromatic carbocycles. The van der Waals surface area contributed by atoms with Crippen molar-refractivity contribution in [1.82, 2.24) is 30.1 Å². The molecule has 3 heterocycles. The smallest absolute Gasteiger partial charge is 0.258 e. The van der Waals surface area contributed by atoms with Crippen LogP contribution < -0.4 is 0 Å². The number of rotatable bonds is 3. The van der Waals surface area contributed by atoms with E-state index in [-0.39, 0.29) is 6.04 Å². The highest BCUT2D eigenvalue weighted by atomic mass is 16.5. The summed E-state index contributed by atoms with van der Waals surface area (Å²) >= 11 is 0. The van der Waals surface area contributed by atoms with Crippen LogP contribution in [-0.2, 0) is 0 Å². The normalized spacial score (nSPS) is 11.5. The fourth-order valence-electron chi connectivity index (χ4n) is 2.60. The molecular weight excluding hydrogens is 304 g/mol. The Hall–Kier alpha value is -3.09. The molecule has 0 aliphatic rings. The molecule has 7 heteroatoms. The van der Waals surface area contributed by atoms with Gasteiger partial charge < -0.3 is 4.52 Å². The second-order valence-corrected chi connectivity index (χ2v) is 5.94. The van der Waals surface area contributed by atoms with Crippen molar-refractivity contribution in [3.8, 4) is 22.8 Å². The van der Waals surface area contributed by atoms with Gasteiger partial charge in [-0.2, -0.15) is 4.98 Å². The minimum absolute atomic E-state index is 0.224. The number of aromatic nitrogens is 6. The molecule has 0 N–H and O–H groups in total. The minimum atomic E-state index is 0.224. The summed E-state index contributed by atoms with van der Waals surface area (Å²) in [6, 6.07) is 7.94. The van der Waals surface area contributed by atoms with E-state index in [4.69, 9.17) is 4.52 Å². The largest absolute Gasteiger partial charge is 0.334 e. The predicted octanol–water partition coefficient (Wildman–Crippen LogP) is 3.43. The van der Waals surface area contributed by atoms with E-state index in [1.54, 1.807) is 12.4 Å². The average Bonchev–Trinajstić information content (AvgIpc) is 3.21. The van der Waals surface area contributed by atoms with Crippen LogP contribution in [0.4, 0.5) is 0 Å². The second kappa shape index (κ2) is 5.52. The van der Waals surface area contributed by atoms with E-state index in [2.05, 4.69) is 39.3 Å². The Morgan fingerprint density at radius 1 is 1.17 bits per heavy atom. The highest BCUT2D eigenvalue weighted by molar-refractivity contribution is 5.80. The van der Waals surface area contributed by atoms with Gasteiger partial charge in [-0.15, -0.1) is 5.10 Å². The van der Waals surface area contributed by atoms with Crippen molar-refractivity contribution >= 4 is 11.0 Å². The first-order valence-electron chi connectivity index (χ1n) is 7.73. The van der Waals surface area contributed by atoms with Crippen LogP contribution in [0.3, 0.4) is 0 Å². The first kappa shape index (κ1) is 14.5. The molecule has 0 spiro atoms. The maximum absolute atomic E-state index is 5.45. The maximum Gasteiger partial charge on any atom is 0.258 e. The van der Waals surface area contributed by atoms with E-state index < -0.39 is 0 Å². The fourth-order valence-corrected chi connectivity index (χ4v) is 2.60. The summed E-state index contributed by atoms with van der Waals surface area (Å²) in [5.74, 6) is 0.998. The molecule has 7 nitrogen and oxygen atoms in total. The predicted molar refractivity (Wildman–Crippen MR) is 89.2 cm³/mol. The zero-order valence-corrected chi connectivity index (χ0v) is 13.6. The molecule has 4 rings (SSSR count). The third kappa shape index (κ3) is 2.34. The highest BCUT2D eigenvalue weighted by Gasteiger charge is 2.15. The zero-order valence-electron chi connectivity index (χ0n) is 13.6. The van der Waals surface area contributed by atoms with E-state index in [1.165, 1.54) is 0 Å². The SMILES string of the molecule is Cc1ccncc1-c1noc(-c2ccc3nnn(C(C)C)c3c2)n1. The average molecular weight is 320 g/mol. The Balaban J connectivity index is 1.78. The number of nitrogens with zero attached hydrogens (tertiary/aromatic N) is 6. The molecule has 0 aliphatic carbocycles. The Morgan fingerprint density at radius 2 is 2.04 bits per heavy atom. The lowest BCUT2D eigenvalue weighted by atomic mass is 10.1. The van der Waals surface area contributed by atoms with Gasteiger partial charge >= 0.3 is 0 Å². The summed E-state index contributed by atoms with van der Waals surface area (Å²) in [6.45, 7) is 6.12. The van der Waals surface area contributed by atoms with Gasteiger partial charge in [0.25, 0.3) is 5.89 Å². The van der Waals surface area contributed by atoms with Gasteiger partial charge in [-0.25, -0.2) is 4.68 Å². The van der Waals surface area contributed by atoms with Crippen molar-refractivity contribution in [3.63, 3.8) is 0 Å². The molecule has 0 radical (unpaired) electrons. The molecule has 24 heavy (non-hydrogen) atoms. The molecule has 0 amide bonds. The van der Waals surface area contributed by atoms with Crippen molar-refractivity contribution in [3.05, 3.63) is 42.2 Å². The van der Waals surface area contributed by atoms with Gasteiger partial charge in [0, 0.05) is 29.6 Å². The summed E-state index contributed by atoms with van der Waals surface area (Å²) in [5, 5.41) is 12.4. The van der Waals surface area contributed by atoms with E-state index in [1.807, 2.05) is 35.9 Å². The lowest BCUT2D eigenvalue weighted by Crippen LogP contribution is -2.02. The van der Waals surface area contributed by atoms with Crippen molar-refractivity contribution in [2.24, 2.45) is 0 Å². The lowest BCUT2D eigenvalue weighted by molar-refractivity contribution is 0.432. The van der Waals surface area contributed by atoms with Crippen molar-refractivity contribution in [2.45, 2.75) is 26.8 Å². The van der Waals surface area contributed by atoms with Gasteiger partial charge in [-0.1, -0.05) is 10.4 Å². The molecule has 3 aromatic heterocycles. The number of pyridine rings is 1. The molecule has 0 saturated carbocycles. The van der Waals surface area contributed by atoms with Gasteiger partial charge in [0.15, 0.2) is 0 Å². The monoisotopic (exact) mass is 320 g/mol. The maximum atomic E-state index is 5.45. The molecule has 0 aliphatic heterocycles. The summed E-state index contributed by atoms with van der Waals surface area (Å²) < 4.78 is 7.32. The fraction of sp³-hybridized carbons (Fsp3) is 0.235. The Labute approximate surface area is 138 Å². The standard InChI is InChI=1S/C17H16N6O/c1-10(2)23-15-8-12(4-5-14(15)20-22-23)17-19-16(21-24-17)13-9-18-7-6-11(13)3/h4-10H,1-3H3. The molecule has 0 bridgehead atoms. The Bertz CT molecular complexity index is 1020. The third-order valence-electron chi connectivity index (χ3n) is 3.91. The van der Waals surface area contributed by atoms with Crippen molar-refractivity contribution in [2.75, 3.05) is 0 Å². The van der Waals surface area contributed by atoms with Gasteiger partial charge in [-0.05, 0) is 50.6 Å². The summed E-state index contributed by atoms with van der Waals surface area (Å²) in [4.78, 5) is 8.64. The number of hydrogen-bond donors (Lipinski definition) is 0. The first-order valence-corrected chi connectivity index (χ1v) is 7.73. The summed E-state index contributed by atoms with van der Waals surface area (Å²) in [7, 11) is 0. The van der Waals surface area contributed by atoms with Crippen LogP contribution in [0.5, 0.6) is 0 Å². The van der Waals surface area contributed by atoms with Crippen LogP contribution in [-0.4, -0.2) is 30.1 Å². The van der Waals surface area contributed by atoms with Gasteiger partial charge in [0.2, 0.25) is 5.82 Å². The van der Waals surface area contributed by atoms with E-state index >= 15 is 0 Å². The third-order valence-corrected chi connectivity index (χ3v) is 3.91. The summed E-state index contributed by atoms with van der Waals surface area (Å²) in [6.07, 6.45) is 3.48. The van der Waals surface area contributed by atoms with Gasteiger partial charge in [-0.3, -0.25) is 4.98 Å². The molecule has 0 atom stereocenters. The molecule has 0 saturated heterocycles. The topological polar surface area (TPSA) is 82.5 Å². The van der Waals surface area contributed by atoms with Crippen LogP contribution in [0.15, 0.2) is 41.2 Å².